The lowest BCUT2D eigenvalue weighted by Gasteiger charge is -2.29. The number of allylic oxidation sites excluding steroid dienone is 1. The first kappa shape index (κ1) is 26.2. The maximum atomic E-state index is 14.0. The molecule has 2 aromatic heterocycles. The van der Waals surface area contributed by atoms with Crippen LogP contribution in [-0.2, 0) is 4.79 Å². The molecule has 1 atom stereocenters. The lowest BCUT2D eigenvalue weighted by molar-refractivity contribution is -0.127. The molecule has 6 nitrogen and oxygen atoms in total. The fourth-order valence-corrected chi connectivity index (χ4v) is 6.32. The number of nitrogens with zero attached hydrogens (tertiary/aromatic N) is 4. The van der Waals surface area contributed by atoms with Gasteiger partial charge in [-0.25, -0.2) is 4.99 Å². The number of hydrogen-bond donors (Lipinski definition) is 0. The Hall–Kier alpha value is -3.42. The van der Waals surface area contributed by atoms with Crippen LogP contribution in [-0.4, -0.2) is 33.0 Å². The van der Waals surface area contributed by atoms with Gasteiger partial charge in [0.05, 0.1) is 21.8 Å². The number of carbonyl (C=O) groups is 1. The fraction of sp³-hybridized carbons (Fsp3) is 0.300. The number of thiazole rings is 1. The molecular weight excluding hydrogens is 516 g/mol. The maximum Gasteiger partial charge on any atom is 0.271 e. The Kier molecular flexibility index (Phi) is 7.16. The van der Waals surface area contributed by atoms with Crippen LogP contribution in [0.4, 0.5) is 0 Å². The van der Waals surface area contributed by atoms with Crippen LogP contribution >= 0.6 is 22.9 Å². The topological polar surface area (TPSA) is 59.6 Å². The van der Waals surface area contributed by atoms with E-state index in [4.69, 9.17) is 16.6 Å². The zero-order valence-electron chi connectivity index (χ0n) is 22.2. The van der Waals surface area contributed by atoms with Crippen LogP contribution in [0.2, 0.25) is 5.02 Å². The number of carbonyl (C=O) groups excluding carboxylic acids is 1. The van der Waals surface area contributed by atoms with Crippen LogP contribution in [0.25, 0.3) is 17.0 Å². The van der Waals surface area contributed by atoms with Gasteiger partial charge in [-0.1, -0.05) is 53.3 Å². The van der Waals surface area contributed by atoms with Crippen molar-refractivity contribution < 1.29 is 4.79 Å². The highest BCUT2D eigenvalue weighted by molar-refractivity contribution is 7.07. The van der Waals surface area contributed by atoms with Gasteiger partial charge in [0.15, 0.2) is 4.80 Å². The summed E-state index contributed by atoms with van der Waals surface area (Å²) in [6.45, 7) is 11.2. The van der Waals surface area contributed by atoms with Crippen LogP contribution in [0.3, 0.4) is 0 Å². The molecule has 0 saturated carbocycles. The summed E-state index contributed by atoms with van der Waals surface area (Å²) in [6, 6.07) is 15.3. The van der Waals surface area contributed by atoms with Gasteiger partial charge in [-0.3, -0.25) is 14.2 Å². The smallest absolute Gasteiger partial charge is 0.271 e. The van der Waals surface area contributed by atoms with E-state index in [1.54, 1.807) is 21.6 Å². The van der Waals surface area contributed by atoms with Gasteiger partial charge in [-0.15, -0.1) is 0 Å². The van der Waals surface area contributed by atoms with Crippen molar-refractivity contribution in [3.8, 4) is 0 Å². The molecular formula is C30H31ClN4O2S. The first-order valence-electron chi connectivity index (χ1n) is 12.9. The minimum atomic E-state index is -0.587. The zero-order valence-corrected chi connectivity index (χ0v) is 23.8. The number of halogens is 1. The Labute approximate surface area is 230 Å². The van der Waals surface area contributed by atoms with Gasteiger partial charge in [0, 0.05) is 46.8 Å². The predicted molar refractivity (Wildman–Crippen MR) is 155 cm³/mol. The Balaban J connectivity index is 1.75. The third-order valence-corrected chi connectivity index (χ3v) is 8.34. The summed E-state index contributed by atoms with van der Waals surface area (Å²) in [5.74, 6) is -0.106. The second kappa shape index (κ2) is 10.4. The number of rotatable bonds is 6. The molecule has 0 bridgehead atoms. The summed E-state index contributed by atoms with van der Waals surface area (Å²) < 4.78 is 4.48. The number of fused-ring (bicyclic) bond motifs is 2. The number of hydrogen-bond acceptors (Lipinski definition) is 4. The minimum Gasteiger partial charge on any atom is -0.344 e. The summed E-state index contributed by atoms with van der Waals surface area (Å²) in [5.41, 5.74) is 3.93. The predicted octanol–water partition coefficient (Wildman–Crippen LogP) is 5.29. The van der Waals surface area contributed by atoms with Gasteiger partial charge >= 0.3 is 0 Å². The van der Waals surface area contributed by atoms with Gasteiger partial charge in [0.1, 0.15) is 0 Å². The largest absolute Gasteiger partial charge is 0.344 e. The normalized spacial score (nSPS) is 15.8. The summed E-state index contributed by atoms with van der Waals surface area (Å²) in [6.07, 6.45) is 4.06. The van der Waals surface area contributed by atoms with E-state index >= 15 is 0 Å². The highest BCUT2D eigenvalue weighted by atomic mass is 35.5. The third kappa shape index (κ3) is 4.44. The van der Waals surface area contributed by atoms with E-state index in [-0.39, 0.29) is 17.5 Å². The average Bonchev–Trinajstić information content (AvgIpc) is 3.42. The first-order valence-corrected chi connectivity index (χ1v) is 14.1. The second-order valence-electron chi connectivity index (χ2n) is 9.71. The Bertz CT molecular complexity index is 1740. The van der Waals surface area contributed by atoms with Crippen molar-refractivity contribution in [3.63, 3.8) is 0 Å². The van der Waals surface area contributed by atoms with Crippen molar-refractivity contribution in [3.05, 3.63) is 102 Å². The molecule has 0 saturated heterocycles. The van der Waals surface area contributed by atoms with Crippen molar-refractivity contribution in [2.24, 2.45) is 4.99 Å². The van der Waals surface area contributed by atoms with Crippen LogP contribution in [0.5, 0.6) is 0 Å². The van der Waals surface area contributed by atoms with Crippen molar-refractivity contribution in [1.29, 1.82) is 0 Å². The van der Waals surface area contributed by atoms with E-state index in [0.717, 1.165) is 22.0 Å². The monoisotopic (exact) mass is 546 g/mol. The zero-order chi connectivity index (χ0) is 27.1. The first-order chi connectivity index (χ1) is 18.2. The number of aromatic nitrogens is 2. The summed E-state index contributed by atoms with van der Waals surface area (Å²) in [7, 11) is 0. The maximum absolute atomic E-state index is 14.0. The van der Waals surface area contributed by atoms with Gasteiger partial charge in [-0.05, 0) is 64.5 Å². The molecule has 5 rings (SSSR count). The van der Waals surface area contributed by atoms with Crippen LogP contribution < -0.4 is 14.9 Å². The molecule has 2 aromatic carbocycles. The Morgan fingerprint density at radius 2 is 1.82 bits per heavy atom. The average molecular weight is 547 g/mol. The Morgan fingerprint density at radius 3 is 2.47 bits per heavy atom. The molecule has 3 heterocycles. The van der Waals surface area contributed by atoms with Gasteiger partial charge < -0.3 is 9.47 Å². The summed E-state index contributed by atoms with van der Waals surface area (Å²) in [4.78, 5) is 34.9. The fourth-order valence-electron chi connectivity index (χ4n) is 5.15. The number of likely N-dealkylation sites (N-methyl/N-ethyl adjacent to an activating group) is 1. The third-order valence-electron chi connectivity index (χ3n) is 7.10. The molecule has 0 spiro atoms. The number of benzene rings is 2. The summed E-state index contributed by atoms with van der Waals surface area (Å²) in [5, 5.41) is 1.69. The molecule has 4 aromatic rings. The van der Waals surface area contributed by atoms with Gasteiger partial charge in [0.2, 0.25) is 0 Å². The molecule has 0 N–H and O–H groups in total. The van der Waals surface area contributed by atoms with Crippen molar-refractivity contribution in [1.82, 2.24) is 14.0 Å². The molecule has 1 aliphatic heterocycles. The highest BCUT2D eigenvalue weighted by Gasteiger charge is 2.34. The standard InChI is InChI=1S/C30H31ClN4O2S/c1-6-33(7-2)29(37)26-19(5)32-30-35(27(26)20-12-14-22(31)15-13-20)28(36)25(38-30)16-21-17-34(18(3)4)24-11-9-8-10-23(21)24/h8-18,27H,6-7H2,1-5H3/b25-16+/t27-/m1/s1. The highest BCUT2D eigenvalue weighted by Crippen LogP contribution is 2.32. The van der Waals surface area contributed by atoms with Crippen molar-refractivity contribution in [2.75, 3.05) is 13.1 Å². The van der Waals surface area contributed by atoms with Crippen LogP contribution in [0, 0.1) is 0 Å². The molecule has 0 unspecified atom stereocenters. The van der Waals surface area contributed by atoms with E-state index in [1.165, 1.54) is 11.3 Å². The molecule has 196 valence electrons. The molecule has 0 radical (unpaired) electrons. The van der Waals surface area contributed by atoms with E-state index in [9.17, 15) is 9.59 Å². The molecule has 1 amide bonds. The molecule has 8 heteroatoms. The SMILES string of the molecule is CCN(CC)C(=O)C1=C(C)N=c2s/c(=C/c3cn(C(C)C)c4ccccc34)c(=O)n2[C@@H]1c1ccc(Cl)cc1. The van der Waals surface area contributed by atoms with Crippen LogP contribution in [0.1, 0.15) is 57.8 Å². The second-order valence-corrected chi connectivity index (χ2v) is 11.2. The quantitative estimate of drug-likeness (QED) is 0.330. The molecule has 38 heavy (non-hydrogen) atoms. The van der Waals surface area contributed by atoms with E-state index in [0.29, 0.717) is 38.7 Å². The number of amides is 1. The summed E-state index contributed by atoms with van der Waals surface area (Å²) >= 11 is 7.55. The van der Waals surface area contributed by atoms with Crippen molar-refractivity contribution in [2.45, 2.75) is 46.7 Å². The lowest BCUT2D eigenvalue weighted by Crippen LogP contribution is -2.43. The van der Waals surface area contributed by atoms with Gasteiger partial charge in [-0.2, -0.15) is 0 Å². The molecule has 0 fully saturated rings. The number of para-hydroxylation sites is 1. The molecule has 0 aliphatic carbocycles. The minimum absolute atomic E-state index is 0.106. The van der Waals surface area contributed by atoms with E-state index in [1.807, 2.05) is 51.1 Å². The van der Waals surface area contributed by atoms with Crippen molar-refractivity contribution >= 4 is 45.8 Å². The van der Waals surface area contributed by atoms with Crippen LogP contribution in [0.15, 0.2) is 75.8 Å². The Morgan fingerprint density at radius 1 is 1.13 bits per heavy atom. The molecule has 1 aliphatic rings. The van der Waals surface area contributed by atoms with E-state index in [2.05, 4.69) is 36.7 Å². The van der Waals surface area contributed by atoms with Gasteiger partial charge in [0.25, 0.3) is 11.5 Å². The lowest BCUT2D eigenvalue weighted by atomic mass is 9.94. The van der Waals surface area contributed by atoms with E-state index < -0.39 is 6.04 Å².